The third-order valence-electron chi connectivity index (χ3n) is 16.7. The second-order valence-corrected chi connectivity index (χ2v) is 25.4. The van der Waals surface area contributed by atoms with Crippen LogP contribution >= 0.6 is 0 Å². The molecular weight excluding hydrogens is 1140 g/mol. The van der Waals surface area contributed by atoms with Crippen LogP contribution in [0.2, 0.25) is 0 Å². The standard InChI is InChI=1S/C72H137N13O6/c1-5-9-13-17-21-25-29-33-37-41-45-49-59-75-82-67(87)57-54-64(70(90)84-77-61-51-47-43-39-35-31-27-23-19-15-11-7-3)79-66(86)56-53-63(81-72(73)74)69(89)80-65(71(91)85-78-62-52-48-44-40-36-32-28-24-20-16-12-8-4)55-58-68(88)83-76-60-50-46-42-38-34-30-26-22-18-14-10-6-2/h59-65H,5-58H2,1-4H3,(H,79,86)(H,80,89)(H,82,87)(H,83,88)(H,84,90)(H,85,91)(H4,73,74,81)/b75-59+,76-60+,77-61+,78-62+/t63-,64-,65-/m0/s1. The van der Waals surface area contributed by atoms with Crippen LogP contribution in [-0.4, -0.2) is 84.4 Å². The van der Waals surface area contributed by atoms with Gasteiger partial charge in [0.1, 0.15) is 18.1 Å². The van der Waals surface area contributed by atoms with Gasteiger partial charge in [-0.3, -0.25) is 28.8 Å². The first-order chi connectivity index (χ1) is 44.5. The van der Waals surface area contributed by atoms with Gasteiger partial charge in [0, 0.05) is 44.1 Å². The number of amides is 6. The fourth-order valence-corrected chi connectivity index (χ4v) is 10.9. The van der Waals surface area contributed by atoms with Gasteiger partial charge in [0.05, 0.1) is 0 Å². The predicted octanol–water partition coefficient (Wildman–Crippen LogP) is 16.2. The highest BCUT2D eigenvalue weighted by Gasteiger charge is 2.28. The number of unbranched alkanes of at least 4 members (excludes halogenated alkanes) is 44. The van der Waals surface area contributed by atoms with Crippen molar-refractivity contribution < 1.29 is 28.8 Å². The summed E-state index contributed by atoms with van der Waals surface area (Å²) in [4.78, 5) is 85.0. The average Bonchev–Trinajstić information content (AvgIpc) is 3.42. The second-order valence-electron chi connectivity index (χ2n) is 25.4. The molecule has 0 saturated carbocycles. The number of nitrogens with zero attached hydrogens (tertiary/aromatic N) is 5. The zero-order valence-electron chi connectivity index (χ0n) is 58.6. The monoisotopic (exact) mass is 1280 g/mol. The molecule has 526 valence electrons. The second kappa shape index (κ2) is 67.7. The normalized spacial score (nSPS) is 12.6. The fraction of sp³-hybridized carbons (Fsp3) is 0.847. The van der Waals surface area contributed by atoms with E-state index >= 15 is 0 Å². The highest BCUT2D eigenvalue weighted by atomic mass is 16.2. The van der Waals surface area contributed by atoms with Crippen LogP contribution in [0.15, 0.2) is 25.4 Å². The van der Waals surface area contributed by atoms with Gasteiger partial charge < -0.3 is 22.1 Å². The molecule has 0 aliphatic rings. The van der Waals surface area contributed by atoms with E-state index in [1.165, 1.54) is 218 Å². The van der Waals surface area contributed by atoms with Crippen LogP contribution in [-0.2, 0) is 28.8 Å². The number of hydrogen-bond acceptors (Lipinski definition) is 11. The first-order valence-electron chi connectivity index (χ1n) is 37.4. The van der Waals surface area contributed by atoms with E-state index in [4.69, 9.17) is 11.5 Å². The third-order valence-corrected chi connectivity index (χ3v) is 16.7. The first-order valence-corrected chi connectivity index (χ1v) is 37.4. The molecule has 0 heterocycles. The molecule has 6 amide bonds. The van der Waals surface area contributed by atoms with Gasteiger partial charge in [-0.05, 0) is 70.6 Å². The van der Waals surface area contributed by atoms with E-state index in [0.717, 1.165) is 77.0 Å². The van der Waals surface area contributed by atoms with Crippen LogP contribution in [0.3, 0.4) is 0 Å². The third kappa shape index (κ3) is 60.8. The lowest BCUT2D eigenvalue weighted by Gasteiger charge is -2.20. The molecule has 0 bridgehead atoms. The largest absolute Gasteiger partial charge is 0.370 e. The van der Waals surface area contributed by atoms with E-state index in [1.54, 1.807) is 24.9 Å². The lowest BCUT2D eigenvalue weighted by Crippen LogP contribution is -2.49. The van der Waals surface area contributed by atoms with Gasteiger partial charge in [-0.2, -0.15) is 20.4 Å². The molecule has 0 rings (SSSR count). The van der Waals surface area contributed by atoms with Crippen LogP contribution in [0.4, 0.5) is 0 Å². The van der Waals surface area contributed by atoms with Gasteiger partial charge in [-0.15, -0.1) is 0 Å². The molecule has 91 heavy (non-hydrogen) atoms. The van der Waals surface area contributed by atoms with Crippen molar-refractivity contribution in [3.8, 4) is 0 Å². The number of nitrogens with one attached hydrogen (secondary N) is 6. The quantitative estimate of drug-likeness (QED) is 0.0125. The smallest absolute Gasteiger partial charge is 0.262 e. The molecule has 0 fully saturated rings. The number of hydrazone groups is 4. The van der Waals surface area contributed by atoms with E-state index in [1.807, 2.05) is 0 Å². The topological polar surface area (TPSA) is 288 Å². The number of carbonyl (C=O) groups is 6. The molecule has 0 unspecified atom stereocenters. The van der Waals surface area contributed by atoms with Crippen molar-refractivity contribution in [1.82, 2.24) is 32.3 Å². The van der Waals surface area contributed by atoms with Gasteiger partial charge in [0.2, 0.25) is 23.6 Å². The number of nitrogens with two attached hydrogens (primary N) is 2. The van der Waals surface area contributed by atoms with E-state index < -0.39 is 59.5 Å². The highest BCUT2D eigenvalue weighted by Crippen LogP contribution is 2.16. The Morgan fingerprint density at radius 1 is 0.297 bits per heavy atom. The Bertz CT molecular complexity index is 1910. The summed E-state index contributed by atoms with van der Waals surface area (Å²) in [5, 5.41) is 21.9. The zero-order valence-corrected chi connectivity index (χ0v) is 58.6. The molecule has 0 radical (unpaired) electrons. The molecule has 0 aromatic heterocycles. The van der Waals surface area contributed by atoms with Crippen LogP contribution < -0.4 is 43.8 Å². The minimum atomic E-state index is -1.33. The van der Waals surface area contributed by atoms with Crippen LogP contribution in [0, 0.1) is 0 Å². The fourth-order valence-electron chi connectivity index (χ4n) is 10.9. The summed E-state index contributed by atoms with van der Waals surface area (Å²) in [5.41, 5.74) is 21.8. The number of guanidine groups is 1. The van der Waals surface area contributed by atoms with Crippen molar-refractivity contribution in [2.24, 2.45) is 36.9 Å². The summed E-state index contributed by atoms with van der Waals surface area (Å²) in [6.45, 7) is 8.95. The van der Waals surface area contributed by atoms with Gasteiger partial charge in [0.15, 0.2) is 5.96 Å². The number of aliphatic imine (C=N–C) groups is 1. The maximum atomic E-state index is 14.0. The van der Waals surface area contributed by atoms with Crippen molar-refractivity contribution in [2.75, 3.05) is 0 Å². The molecule has 19 heteroatoms. The molecule has 0 aromatic carbocycles. The Morgan fingerprint density at radius 2 is 0.538 bits per heavy atom. The van der Waals surface area contributed by atoms with Crippen molar-refractivity contribution in [1.29, 1.82) is 0 Å². The highest BCUT2D eigenvalue weighted by molar-refractivity contribution is 5.93. The van der Waals surface area contributed by atoms with Gasteiger partial charge in [0.25, 0.3) is 11.8 Å². The minimum Gasteiger partial charge on any atom is -0.370 e. The van der Waals surface area contributed by atoms with E-state index in [-0.39, 0.29) is 38.5 Å². The Labute approximate surface area is 554 Å². The summed E-state index contributed by atoms with van der Waals surface area (Å²) in [7, 11) is 0. The Morgan fingerprint density at radius 3 is 0.813 bits per heavy atom. The van der Waals surface area contributed by atoms with Crippen molar-refractivity contribution in [3.63, 3.8) is 0 Å². The van der Waals surface area contributed by atoms with E-state index in [9.17, 15) is 28.8 Å². The molecule has 0 spiro atoms. The van der Waals surface area contributed by atoms with Crippen molar-refractivity contribution in [2.45, 2.75) is 393 Å². The molecule has 19 nitrogen and oxygen atoms in total. The van der Waals surface area contributed by atoms with Gasteiger partial charge >= 0.3 is 0 Å². The summed E-state index contributed by atoms with van der Waals surface area (Å²) in [5.74, 6) is -3.90. The minimum absolute atomic E-state index is 0.0552. The predicted molar refractivity (Wildman–Crippen MR) is 382 cm³/mol. The summed E-state index contributed by atoms with van der Waals surface area (Å²) in [6.07, 6.45) is 62.6. The zero-order chi connectivity index (χ0) is 66.6. The lowest BCUT2D eigenvalue weighted by atomic mass is 10.1. The SMILES string of the molecule is CCCCCCCCCCCCC/C=N/NC(=O)CC[C@H](NC(=O)CC[C@H](N=C(N)N)C(=O)N[C@@H](CCC(=O)N/N=C/CCCCCCCCCCCCC)C(=O)N/N=C/CCCCCCCCCCCCC)C(=O)N/N=C/CCCCCCCCCCCCC. The molecule has 0 aromatic rings. The summed E-state index contributed by atoms with van der Waals surface area (Å²) < 4.78 is 0. The Hall–Kier alpha value is -5.23. The lowest BCUT2D eigenvalue weighted by molar-refractivity contribution is -0.131. The molecular formula is C72H137N13O6. The first kappa shape index (κ1) is 85.8. The Balaban J connectivity index is 5.76. The molecule has 3 atom stereocenters. The average molecular weight is 1280 g/mol. The number of hydrogen-bond donors (Lipinski definition) is 8. The maximum Gasteiger partial charge on any atom is 0.262 e. The molecule has 0 aliphatic carbocycles. The maximum absolute atomic E-state index is 14.0. The molecule has 0 aliphatic heterocycles. The Kier molecular flexibility index (Phi) is 63.8. The van der Waals surface area contributed by atoms with Crippen LogP contribution in [0.25, 0.3) is 0 Å². The molecule has 0 saturated heterocycles. The van der Waals surface area contributed by atoms with E-state index in [0.29, 0.717) is 12.8 Å². The summed E-state index contributed by atoms with van der Waals surface area (Å²) in [6, 6.07) is -3.71. The van der Waals surface area contributed by atoms with Crippen molar-refractivity contribution in [3.05, 3.63) is 0 Å². The van der Waals surface area contributed by atoms with Crippen molar-refractivity contribution >= 4 is 66.3 Å². The molecule has 10 N–H and O–H groups in total. The van der Waals surface area contributed by atoms with E-state index in [2.05, 4.69) is 85.4 Å². The van der Waals surface area contributed by atoms with Gasteiger partial charge in [-0.25, -0.2) is 26.7 Å². The number of rotatable bonds is 67. The van der Waals surface area contributed by atoms with Crippen LogP contribution in [0.5, 0.6) is 0 Å². The van der Waals surface area contributed by atoms with Gasteiger partial charge in [-0.1, -0.05) is 285 Å². The summed E-state index contributed by atoms with van der Waals surface area (Å²) >= 11 is 0. The van der Waals surface area contributed by atoms with Crippen LogP contribution in [0.1, 0.15) is 374 Å². The number of carbonyl (C=O) groups excluding carboxylic acids is 6.